The summed E-state index contributed by atoms with van der Waals surface area (Å²) in [6.07, 6.45) is 3.10. The summed E-state index contributed by atoms with van der Waals surface area (Å²) in [4.78, 5) is 0. The standard InChI is InChI=1S/C20H18N4O5/c1-25-13-6-11(7-14(26-2)18(13)27-3)17-16-15(10-4-5-28-9-10)12(8-21)19(22)29-20(16)24-23-17/h4-7,9,15H,22H2,1-3H3,(H,23,24). The van der Waals surface area contributed by atoms with Gasteiger partial charge >= 0.3 is 0 Å². The third-order valence-corrected chi connectivity index (χ3v) is 4.77. The van der Waals surface area contributed by atoms with E-state index in [-0.39, 0.29) is 17.3 Å². The van der Waals surface area contributed by atoms with E-state index in [1.807, 2.05) is 0 Å². The fraction of sp³-hybridized carbons (Fsp3) is 0.200. The number of hydrogen-bond donors (Lipinski definition) is 2. The monoisotopic (exact) mass is 394 g/mol. The molecule has 0 bridgehead atoms. The molecular formula is C20H18N4O5. The number of rotatable bonds is 5. The molecule has 148 valence electrons. The molecule has 0 spiro atoms. The van der Waals surface area contributed by atoms with Gasteiger partial charge in [0.25, 0.3) is 0 Å². The molecule has 1 atom stereocenters. The van der Waals surface area contributed by atoms with Gasteiger partial charge in [0.2, 0.25) is 17.5 Å². The Labute approximate surface area is 166 Å². The summed E-state index contributed by atoms with van der Waals surface area (Å²) in [6.45, 7) is 0. The van der Waals surface area contributed by atoms with Crippen molar-refractivity contribution >= 4 is 0 Å². The maximum Gasteiger partial charge on any atom is 0.244 e. The van der Waals surface area contributed by atoms with E-state index in [0.29, 0.717) is 34.1 Å². The van der Waals surface area contributed by atoms with E-state index in [1.165, 1.54) is 27.6 Å². The smallest absolute Gasteiger partial charge is 0.244 e. The summed E-state index contributed by atoms with van der Waals surface area (Å²) in [5, 5.41) is 16.9. The fourth-order valence-electron chi connectivity index (χ4n) is 3.46. The number of nitrogens with zero attached hydrogens (tertiary/aromatic N) is 2. The topological polar surface area (TPSA) is 129 Å². The number of fused-ring (bicyclic) bond motifs is 1. The largest absolute Gasteiger partial charge is 0.493 e. The number of hydrogen-bond acceptors (Lipinski definition) is 8. The van der Waals surface area contributed by atoms with Crippen molar-refractivity contribution in [2.75, 3.05) is 21.3 Å². The molecule has 1 unspecified atom stereocenters. The number of H-pyrrole nitrogens is 1. The number of benzene rings is 1. The normalized spacial score (nSPS) is 15.3. The molecule has 3 heterocycles. The zero-order chi connectivity index (χ0) is 20.5. The van der Waals surface area contributed by atoms with E-state index in [9.17, 15) is 5.26 Å². The zero-order valence-electron chi connectivity index (χ0n) is 16.0. The van der Waals surface area contributed by atoms with Gasteiger partial charge in [-0.3, -0.25) is 5.10 Å². The number of nitrogens with two attached hydrogens (primary N) is 1. The SMILES string of the molecule is COc1cc(-c2[nH]nc3c2C(c2ccoc2)C(C#N)=C(N)O3)cc(OC)c1OC. The number of nitrogens with one attached hydrogen (secondary N) is 1. The minimum Gasteiger partial charge on any atom is -0.493 e. The average Bonchev–Trinajstić information content (AvgIpc) is 3.41. The second kappa shape index (κ2) is 7.16. The summed E-state index contributed by atoms with van der Waals surface area (Å²) in [6, 6.07) is 7.49. The second-order valence-electron chi connectivity index (χ2n) is 6.21. The Morgan fingerprint density at radius 3 is 2.45 bits per heavy atom. The Morgan fingerprint density at radius 1 is 1.17 bits per heavy atom. The molecule has 2 aromatic heterocycles. The molecule has 0 radical (unpaired) electrons. The molecule has 1 aliphatic heterocycles. The van der Waals surface area contributed by atoms with Crippen molar-refractivity contribution in [2.45, 2.75) is 5.92 Å². The first-order valence-electron chi connectivity index (χ1n) is 8.61. The number of aromatic amines is 1. The van der Waals surface area contributed by atoms with E-state index >= 15 is 0 Å². The molecule has 1 aromatic carbocycles. The summed E-state index contributed by atoms with van der Waals surface area (Å²) in [7, 11) is 4.61. The Kier molecular flexibility index (Phi) is 4.52. The van der Waals surface area contributed by atoms with Gasteiger partial charge in [-0.25, -0.2) is 0 Å². The molecule has 0 saturated carbocycles. The molecule has 0 amide bonds. The minimum atomic E-state index is -0.504. The van der Waals surface area contributed by atoms with Crippen molar-refractivity contribution in [1.29, 1.82) is 5.26 Å². The highest BCUT2D eigenvalue weighted by Crippen LogP contribution is 2.48. The van der Waals surface area contributed by atoms with Crippen molar-refractivity contribution in [3.63, 3.8) is 0 Å². The van der Waals surface area contributed by atoms with Gasteiger partial charge in [0, 0.05) is 11.1 Å². The molecule has 29 heavy (non-hydrogen) atoms. The fourth-order valence-corrected chi connectivity index (χ4v) is 3.46. The lowest BCUT2D eigenvalue weighted by atomic mass is 9.84. The Hall–Kier alpha value is -4.06. The molecule has 0 fully saturated rings. The van der Waals surface area contributed by atoms with Crippen molar-refractivity contribution in [1.82, 2.24) is 10.2 Å². The van der Waals surface area contributed by atoms with Crippen LogP contribution < -0.4 is 24.7 Å². The molecular weight excluding hydrogens is 376 g/mol. The van der Waals surface area contributed by atoms with E-state index < -0.39 is 5.92 Å². The van der Waals surface area contributed by atoms with Crippen LogP contribution >= 0.6 is 0 Å². The van der Waals surface area contributed by atoms with Gasteiger partial charge in [-0.1, -0.05) is 0 Å². The summed E-state index contributed by atoms with van der Waals surface area (Å²) in [5.41, 5.74) is 9.00. The maximum atomic E-state index is 9.70. The van der Waals surface area contributed by atoms with Gasteiger partial charge in [-0.05, 0) is 18.2 Å². The second-order valence-corrected chi connectivity index (χ2v) is 6.21. The van der Waals surface area contributed by atoms with E-state index in [2.05, 4.69) is 16.3 Å². The number of methoxy groups -OCH3 is 3. The van der Waals surface area contributed by atoms with Crippen LogP contribution in [0.15, 0.2) is 46.6 Å². The van der Waals surface area contributed by atoms with Gasteiger partial charge < -0.3 is 29.1 Å². The number of nitriles is 1. The minimum absolute atomic E-state index is 0.00846. The van der Waals surface area contributed by atoms with Crippen molar-refractivity contribution in [3.05, 3.63) is 53.3 Å². The predicted molar refractivity (Wildman–Crippen MR) is 102 cm³/mol. The summed E-state index contributed by atoms with van der Waals surface area (Å²) < 4.78 is 27.1. The molecule has 0 aliphatic carbocycles. The molecule has 9 nitrogen and oxygen atoms in total. The van der Waals surface area contributed by atoms with Crippen LogP contribution in [0.3, 0.4) is 0 Å². The molecule has 3 N–H and O–H groups in total. The molecule has 4 rings (SSSR count). The quantitative estimate of drug-likeness (QED) is 0.676. The third-order valence-electron chi connectivity index (χ3n) is 4.77. The molecule has 9 heteroatoms. The average molecular weight is 394 g/mol. The molecule has 1 aliphatic rings. The number of allylic oxidation sites excluding steroid dienone is 1. The lowest BCUT2D eigenvalue weighted by Gasteiger charge is -2.23. The molecule has 0 saturated heterocycles. The lowest BCUT2D eigenvalue weighted by Crippen LogP contribution is -2.20. The summed E-state index contributed by atoms with van der Waals surface area (Å²) >= 11 is 0. The van der Waals surface area contributed by atoms with Crippen LogP contribution in [0.25, 0.3) is 11.3 Å². The van der Waals surface area contributed by atoms with Crippen LogP contribution in [0.4, 0.5) is 0 Å². The van der Waals surface area contributed by atoms with E-state index in [1.54, 1.807) is 24.5 Å². The highest BCUT2D eigenvalue weighted by Gasteiger charge is 2.36. The number of ether oxygens (including phenoxy) is 4. The van der Waals surface area contributed by atoms with Crippen molar-refractivity contribution < 1.29 is 23.4 Å². The van der Waals surface area contributed by atoms with Crippen LogP contribution in [0, 0.1) is 11.3 Å². The summed E-state index contributed by atoms with van der Waals surface area (Å²) in [5.74, 6) is 1.23. The van der Waals surface area contributed by atoms with Gasteiger partial charge in [-0.15, -0.1) is 5.10 Å². The first kappa shape index (κ1) is 18.3. The predicted octanol–water partition coefficient (Wildman–Crippen LogP) is 2.91. The van der Waals surface area contributed by atoms with Crippen LogP contribution in [-0.2, 0) is 0 Å². The lowest BCUT2D eigenvalue weighted by molar-refractivity contribution is 0.324. The maximum absolute atomic E-state index is 9.70. The number of aromatic nitrogens is 2. The Balaban J connectivity index is 1.95. The highest BCUT2D eigenvalue weighted by atomic mass is 16.5. The van der Waals surface area contributed by atoms with Gasteiger partial charge in [0.15, 0.2) is 11.5 Å². The van der Waals surface area contributed by atoms with Gasteiger partial charge in [0.05, 0.1) is 51.0 Å². The van der Waals surface area contributed by atoms with Gasteiger partial charge in [0.1, 0.15) is 11.6 Å². The third kappa shape index (κ3) is 2.82. The van der Waals surface area contributed by atoms with E-state index in [4.69, 9.17) is 29.1 Å². The Bertz CT molecular complexity index is 1100. The van der Waals surface area contributed by atoms with Crippen LogP contribution in [0.2, 0.25) is 0 Å². The molecule has 3 aromatic rings. The first-order chi connectivity index (χ1) is 14.1. The first-order valence-corrected chi connectivity index (χ1v) is 8.61. The number of furan rings is 1. The van der Waals surface area contributed by atoms with Gasteiger partial charge in [-0.2, -0.15) is 5.26 Å². The Morgan fingerprint density at radius 2 is 1.90 bits per heavy atom. The van der Waals surface area contributed by atoms with Crippen LogP contribution in [0.1, 0.15) is 17.0 Å². The van der Waals surface area contributed by atoms with Crippen molar-refractivity contribution in [2.24, 2.45) is 5.73 Å². The van der Waals surface area contributed by atoms with E-state index in [0.717, 1.165) is 5.56 Å². The van der Waals surface area contributed by atoms with Crippen LogP contribution in [0.5, 0.6) is 23.1 Å². The van der Waals surface area contributed by atoms with Crippen molar-refractivity contribution in [3.8, 4) is 40.5 Å². The highest BCUT2D eigenvalue weighted by molar-refractivity contribution is 5.75. The zero-order valence-corrected chi connectivity index (χ0v) is 16.0. The van der Waals surface area contributed by atoms with Crippen LogP contribution in [-0.4, -0.2) is 31.5 Å².